The molecule has 415 valence electrons. The molecule has 10 rings (SSSR count). The Kier molecular flexibility index (Phi) is 21.3. The lowest BCUT2D eigenvalue weighted by molar-refractivity contribution is 0.0516. The molecule has 14 heteroatoms. The van der Waals surface area contributed by atoms with E-state index in [4.69, 9.17) is 14.5 Å². The molecule has 0 aliphatic carbocycles. The van der Waals surface area contributed by atoms with Crippen molar-refractivity contribution in [3.63, 3.8) is 0 Å². The second kappa shape index (κ2) is 29.5. The third-order valence-electron chi connectivity index (χ3n) is 13.7. The maximum Gasteiger partial charge on any atom is 0.569 e. The standard InChI is InChI=1S/C34H32N2O3.C25H23BrN2O.C9H10BO4/c1-3-31(26-10-6-5-7-11-26)35-33(37)30-17-18-32-29(22-30)19-20-36(32)23-24-9-8-12-28(21-24)25-13-15-27(16-14-25)34(38)39-4-2;1-2-23(19-8-4-3-5-9-19)27-25(29)21-11-12-24-20(16-21)13-14-28(24)17-18-7-6-10-22(26)15-18;1-2-13-9(11)7-3-5-8(6-4-7)14-10-12/h5-22,31H,3-4,23H2,1-2H3,(H,35,37);3-16,23H,2,17H2,1H3,(H,27,29);3-6,12H,2H2,1H3. The number of ether oxygens (including phenoxy) is 2. The summed E-state index contributed by atoms with van der Waals surface area (Å²) in [5.74, 6) is -0.323. The van der Waals surface area contributed by atoms with E-state index < -0.39 is 0 Å². The summed E-state index contributed by atoms with van der Waals surface area (Å²) in [5, 5.41) is 16.8. The van der Waals surface area contributed by atoms with E-state index in [2.05, 4.69) is 127 Å². The van der Waals surface area contributed by atoms with Gasteiger partial charge >= 0.3 is 19.6 Å². The van der Waals surface area contributed by atoms with Crippen LogP contribution in [0, 0.1) is 0 Å². The van der Waals surface area contributed by atoms with E-state index in [1.807, 2.05) is 109 Å². The van der Waals surface area contributed by atoms with Crippen LogP contribution in [-0.4, -0.2) is 58.8 Å². The third kappa shape index (κ3) is 15.9. The summed E-state index contributed by atoms with van der Waals surface area (Å²) in [6.07, 6.45) is 5.81. The number of carbonyl (C=O) groups excluding carboxylic acids is 4. The van der Waals surface area contributed by atoms with E-state index in [1.165, 1.54) is 5.56 Å². The SMILES string of the molecule is CCC(NC(=O)c1ccc2c(ccn2Cc2cccc(Br)c2)c1)c1ccccc1.CCOC(=O)c1ccc(-c2cccc(Cn3ccc4cc(C(=O)NC(CC)c5ccccc5)ccc43)c2)cc1.CCOC(=O)c1ccc(O[B]O)cc1. The molecule has 2 amide bonds. The Morgan fingerprint density at radius 1 is 0.488 bits per heavy atom. The quantitative estimate of drug-likeness (QED) is 0.0535. The monoisotopic (exact) mass is 1160 g/mol. The molecule has 82 heavy (non-hydrogen) atoms. The van der Waals surface area contributed by atoms with Crippen LogP contribution >= 0.6 is 15.9 Å². The molecule has 0 saturated carbocycles. The van der Waals surface area contributed by atoms with Crippen molar-refractivity contribution in [2.24, 2.45) is 0 Å². The van der Waals surface area contributed by atoms with Crippen molar-refractivity contribution in [1.29, 1.82) is 0 Å². The van der Waals surface area contributed by atoms with Crippen LogP contribution in [0.2, 0.25) is 0 Å². The van der Waals surface area contributed by atoms with Crippen LogP contribution < -0.4 is 15.3 Å². The van der Waals surface area contributed by atoms with Crippen molar-refractivity contribution in [3.05, 3.63) is 268 Å². The molecule has 2 atom stereocenters. The molecule has 10 aromatic rings. The third-order valence-corrected chi connectivity index (χ3v) is 14.2. The van der Waals surface area contributed by atoms with E-state index >= 15 is 0 Å². The number of nitrogens with zero attached hydrogens (tertiary/aromatic N) is 2. The lowest BCUT2D eigenvalue weighted by atomic mass is 10.0. The number of fused-ring (bicyclic) bond motifs is 2. The first-order chi connectivity index (χ1) is 40.0. The number of benzene rings is 8. The van der Waals surface area contributed by atoms with Gasteiger partial charge < -0.3 is 38.9 Å². The smallest absolute Gasteiger partial charge is 0.537 e. The predicted molar refractivity (Wildman–Crippen MR) is 329 cm³/mol. The minimum absolute atomic E-state index is 0.0144. The molecule has 12 nitrogen and oxygen atoms in total. The minimum Gasteiger partial charge on any atom is -0.537 e. The van der Waals surface area contributed by atoms with Crippen LogP contribution in [0.1, 0.15) is 116 Å². The largest absolute Gasteiger partial charge is 0.569 e. The molecule has 2 unspecified atom stereocenters. The van der Waals surface area contributed by atoms with Crippen LogP contribution in [-0.2, 0) is 22.6 Å². The molecule has 3 N–H and O–H groups in total. The van der Waals surface area contributed by atoms with E-state index in [0.29, 0.717) is 55.4 Å². The number of hydrogen-bond donors (Lipinski definition) is 3. The zero-order valence-corrected chi connectivity index (χ0v) is 47.9. The van der Waals surface area contributed by atoms with Gasteiger partial charge in [-0.25, -0.2) is 9.59 Å². The fraction of sp³-hybridized carbons (Fsp3) is 0.176. The Bertz CT molecular complexity index is 3720. The lowest BCUT2D eigenvalue weighted by Crippen LogP contribution is -2.28. The molecule has 2 heterocycles. The van der Waals surface area contributed by atoms with Gasteiger partial charge in [0.1, 0.15) is 5.75 Å². The number of halogens is 1. The number of aromatic nitrogens is 2. The first-order valence-electron chi connectivity index (χ1n) is 27.4. The van der Waals surface area contributed by atoms with Crippen molar-refractivity contribution in [3.8, 4) is 16.9 Å². The average molecular weight is 1160 g/mol. The Hall–Kier alpha value is -8.98. The number of amides is 2. The molecule has 0 bridgehead atoms. The predicted octanol–water partition coefficient (Wildman–Crippen LogP) is 14.5. The maximum absolute atomic E-state index is 13.0. The zero-order chi connectivity index (χ0) is 57.8. The van der Waals surface area contributed by atoms with Gasteiger partial charge in [0, 0.05) is 62.9 Å². The van der Waals surface area contributed by atoms with Gasteiger partial charge in [-0.1, -0.05) is 133 Å². The Labute approximate surface area is 488 Å². The summed E-state index contributed by atoms with van der Waals surface area (Å²) in [7, 11) is 0.583. The number of rotatable bonds is 19. The Morgan fingerprint density at radius 3 is 1.39 bits per heavy atom. The second-order valence-corrected chi connectivity index (χ2v) is 20.1. The van der Waals surface area contributed by atoms with Gasteiger partial charge in [0.25, 0.3) is 11.8 Å². The summed E-state index contributed by atoms with van der Waals surface area (Å²) < 4.78 is 20.0. The molecular formula is C68H65BBrN4O8. The molecular weight excluding hydrogens is 1090 g/mol. The summed E-state index contributed by atoms with van der Waals surface area (Å²) >= 11 is 3.53. The van der Waals surface area contributed by atoms with Crippen molar-refractivity contribution in [2.75, 3.05) is 13.2 Å². The van der Waals surface area contributed by atoms with Gasteiger partial charge in [0.2, 0.25) is 0 Å². The van der Waals surface area contributed by atoms with Crippen molar-refractivity contribution in [1.82, 2.24) is 19.8 Å². The first kappa shape index (κ1) is 59.2. The average Bonchev–Trinajstić information content (AvgIpc) is 4.31. The fourth-order valence-corrected chi connectivity index (χ4v) is 9.94. The van der Waals surface area contributed by atoms with Gasteiger partial charge in [-0.05, 0) is 163 Å². The summed E-state index contributed by atoms with van der Waals surface area (Å²) in [5.41, 5.74) is 11.3. The summed E-state index contributed by atoms with van der Waals surface area (Å²) in [6.45, 7) is 9.92. The number of carbonyl (C=O) groups is 4. The van der Waals surface area contributed by atoms with Gasteiger partial charge in [-0.3, -0.25) is 9.59 Å². The Morgan fingerprint density at radius 2 is 0.939 bits per heavy atom. The highest BCUT2D eigenvalue weighted by Gasteiger charge is 2.17. The molecule has 0 fully saturated rings. The number of nitrogens with one attached hydrogen (secondary N) is 2. The van der Waals surface area contributed by atoms with Crippen LogP contribution in [0.25, 0.3) is 32.9 Å². The van der Waals surface area contributed by atoms with Crippen molar-refractivity contribution < 1.29 is 38.3 Å². The summed E-state index contributed by atoms with van der Waals surface area (Å²) in [4.78, 5) is 49.0. The van der Waals surface area contributed by atoms with Crippen LogP contribution in [0.4, 0.5) is 0 Å². The van der Waals surface area contributed by atoms with E-state index in [1.54, 1.807) is 50.2 Å². The minimum atomic E-state index is -0.368. The topological polar surface area (TPSA) is 150 Å². The first-order valence-corrected chi connectivity index (χ1v) is 28.2. The fourth-order valence-electron chi connectivity index (χ4n) is 9.49. The normalized spacial score (nSPS) is 11.4. The second-order valence-electron chi connectivity index (χ2n) is 19.2. The van der Waals surface area contributed by atoms with Crippen LogP contribution in [0.3, 0.4) is 0 Å². The molecule has 2 aromatic heterocycles. The lowest BCUT2D eigenvalue weighted by Gasteiger charge is -2.17. The number of esters is 2. The molecule has 1 radical (unpaired) electrons. The van der Waals surface area contributed by atoms with E-state index in [0.717, 1.165) is 73.5 Å². The maximum atomic E-state index is 13.0. The molecule has 8 aromatic carbocycles. The van der Waals surface area contributed by atoms with E-state index in [-0.39, 0.29) is 35.8 Å². The van der Waals surface area contributed by atoms with Gasteiger partial charge in [-0.15, -0.1) is 0 Å². The van der Waals surface area contributed by atoms with Crippen LogP contribution in [0.15, 0.2) is 223 Å². The Balaban J connectivity index is 0.000000179. The van der Waals surface area contributed by atoms with Crippen molar-refractivity contribution >= 4 is 69.2 Å². The summed E-state index contributed by atoms with van der Waals surface area (Å²) in [6, 6.07) is 66.6. The van der Waals surface area contributed by atoms with E-state index in [9.17, 15) is 19.2 Å². The van der Waals surface area contributed by atoms with Gasteiger partial charge in [0.15, 0.2) is 0 Å². The highest BCUT2D eigenvalue weighted by atomic mass is 79.9. The van der Waals surface area contributed by atoms with Gasteiger partial charge in [-0.2, -0.15) is 0 Å². The molecule has 0 aliphatic rings. The zero-order valence-electron chi connectivity index (χ0n) is 46.3. The highest BCUT2D eigenvalue weighted by molar-refractivity contribution is 9.10. The highest BCUT2D eigenvalue weighted by Crippen LogP contribution is 2.26. The number of hydrogen-bond acceptors (Lipinski definition) is 8. The molecule has 0 aliphatic heterocycles. The van der Waals surface area contributed by atoms with Crippen LogP contribution in [0.5, 0.6) is 5.75 Å². The van der Waals surface area contributed by atoms with Gasteiger partial charge in [0.05, 0.1) is 36.4 Å². The molecule has 0 spiro atoms. The molecule has 0 saturated heterocycles. The van der Waals surface area contributed by atoms with Crippen molar-refractivity contribution in [2.45, 2.75) is 65.7 Å².